The number of anilines is 4. The lowest BCUT2D eigenvalue weighted by Crippen LogP contribution is -2.06. The van der Waals surface area contributed by atoms with Crippen LogP contribution in [0.3, 0.4) is 0 Å². The Bertz CT molecular complexity index is 1260. The molecule has 0 aliphatic carbocycles. The fraction of sp³-hybridized carbons (Fsp3) is 0.105. The summed E-state index contributed by atoms with van der Waals surface area (Å²) in [7, 11) is 1.47. The Morgan fingerprint density at radius 2 is 1.77 bits per heavy atom. The number of fused-ring (bicyclic) bond motifs is 1. The molecular formula is C19H13ClF4N6O. The Labute approximate surface area is 177 Å². The number of alkyl halides is 3. The number of nitrogens with zero attached hydrogens (tertiary/aromatic N) is 3. The first-order valence-corrected chi connectivity index (χ1v) is 9.08. The number of H-pyrrole nitrogens is 1. The van der Waals surface area contributed by atoms with E-state index in [4.69, 9.17) is 16.3 Å². The summed E-state index contributed by atoms with van der Waals surface area (Å²) in [5, 5.41) is 5.94. The second kappa shape index (κ2) is 7.91. The molecule has 0 fully saturated rings. The molecule has 0 unspecified atom stereocenters. The molecule has 0 bridgehead atoms. The van der Waals surface area contributed by atoms with Crippen molar-refractivity contribution in [1.82, 2.24) is 19.9 Å². The van der Waals surface area contributed by atoms with E-state index in [9.17, 15) is 17.6 Å². The van der Waals surface area contributed by atoms with Crippen LogP contribution in [-0.4, -0.2) is 27.0 Å². The Balaban J connectivity index is 1.57. The Morgan fingerprint density at radius 3 is 2.48 bits per heavy atom. The number of aromatic amines is 1. The van der Waals surface area contributed by atoms with E-state index >= 15 is 0 Å². The molecule has 0 atom stereocenters. The first-order valence-electron chi connectivity index (χ1n) is 8.70. The molecule has 3 N–H and O–H groups in total. The molecule has 0 radical (unpaired) electrons. The van der Waals surface area contributed by atoms with Crippen LogP contribution in [0.15, 0.2) is 42.6 Å². The normalized spacial score (nSPS) is 11.5. The topological polar surface area (TPSA) is 87.8 Å². The van der Waals surface area contributed by atoms with Gasteiger partial charge in [-0.05, 0) is 36.4 Å². The van der Waals surface area contributed by atoms with Gasteiger partial charge in [-0.1, -0.05) is 11.6 Å². The molecule has 0 saturated carbocycles. The highest BCUT2D eigenvalue weighted by molar-refractivity contribution is 6.32. The maximum Gasteiger partial charge on any atom is 0.449 e. The monoisotopic (exact) mass is 452 g/mol. The van der Waals surface area contributed by atoms with E-state index in [0.29, 0.717) is 22.1 Å². The van der Waals surface area contributed by atoms with Crippen LogP contribution < -0.4 is 15.4 Å². The van der Waals surface area contributed by atoms with Crippen molar-refractivity contribution in [3.05, 3.63) is 59.3 Å². The van der Waals surface area contributed by atoms with Crippen molar-refractivity contribution < 1.29 is 22.3 Å². The molecular weight excluding hydrogens is 440 g/mol. The van der Waals surface area contributed by atoms with Gasteiger partial charge in [-0.25, -0.2) is 14.4 Å². The number of methoxy groups -OCH3 is 1. The van der Waals surface area contributed by atoms with E-state index in [-0.39, 0.29) is 22.8 Å². The number of rotatable bonds is 5. The summed E-state index contributed by atoms with van der Waals surface area (Å²) >= 11 is 6.07. The molecule has 0 saturated heterocycles. The van der Waals surface area contributed by atoms with E-state index in [2.05, 4.69) is 30.6 Å². The van der Waals surface area contributed by atoms with E-state index in [0.717, 1.165) is 6.20 Å². The number of aromatic nitrogens is 4. The molecule has 0 aliphatic heterocycles. The van der Waals surface area contributed by atoms with Crippen LogP contribution in [0.5, 0.6) is 5.75 Å². The van der Waals surface area contributed by atoms with Crippen molar-refractivity contribution in [1.29, 1.82) is 0 Å². The van der Waals surface area contributed by atoms with Crippen LogP contribution in [0.1, 0.15) is 5.82 Å². The minimum Gasteiger partial charge on any atom is -0.495 e. The van der Waals surface area contributed by atoms with Crippen molar-refractivity contribution in [3.63, 3.8) is 0 Å². The summed E-state index contributed by atoms with van der Waals surface area (Å²) in [6.07, 6.45) is -3.63. The molecule has 4 rings (SSSR count). The molecule has 4 aromatic rings. The van der Waals surface area contributed by atoms with Gasteiger partial charge in [0.15, 0.2) is 11.6 Å². The van der Waals surface area contributed by atoms with E-state index in [1.54, 1.807) is 18.2 Å². The molecule has 31 heavy (non-hydrogen) atoms. The van der Waals surface area contributed by atoms with Gasteiger partial charge in [0.25, 0.3) is 0 Å². The molecule has 7 nitrogen and oxygen atoms in total. The number of imidazole rings is 1. The molecule has 0 spiro atoms. The predicted octanol–water partition coefficient (Wildman–Crippen LogP) is 5.66. The Kier molecular flexibility index (Phi) is 5.27. The van der Waals surface area contributed by atoms with Gasteiger partial charge >= 0.3 is 6.18 Å². The third-order valence-corrected chi connectivity index (χ3v) is 4.46. The van der Waals surface area contributed by atoms with Gasteiger partial charge in [0.05, 0.1) is 29.4 Å². The van der Waals surface area contributed by atoms with Gasteiger partial charge in [-0.2, -0.15) is 18.2 Å². The molecule has 0 aliphatic rings. The third-order valence-electron chi connectivity index (χ3n) is 4.17. The summed E-state index contributed by atoms with van der Waals surface area (Å²) in [6.45, 7) is 0. The molecule has 0 amide bonds. The predicted molar refractivity (Wildman–Crippen MR) is 108 cm³/mol. The highest BCUT2D eigenvalue weighted by atomic mass is 35.5. The standard InChI is InChI=1S/C19H13ClF4N6O/c1-31-15-5-3-9(6-11(15)20)26-16-12(21)8-25-18(30-16)27-10-2-4-13-14(7-10)29-17(28-13)19(22,23)24/h2-8H,1H3,(H,28,29)(H2,25,26,27,30). The van der Waals surface area contributed by atoms with Crippen LogP contribution in [0, 0.1) is 5.82 Å². The van der Waals surface area contributed by atoms with E-state index in [1.807, 2.05) is 0 Å². The van der Waals surface area contributed by atoms with Crippen molar-refractivity contribution in [3.8, 4) is 5.75 Å². The number of ether oxygens (including phenoxy) is 1. The zero-order valence-electron chi connectivity index (χ0n) is 15.7. The highest BCUT2D eigenvalue weighted by Gasteiger charge is 2.34. The van der Waals surface area contributed by atoms with Crippen LogP contribution in [-0.2, 0) is 6.18 Å². The highest BCUT2D eigenvalue weighted by Crippen LogP contribution is 2.31. The first-order chi connectivity index (χ1) is 14.7. The number of nitrogens with one attached hydrogen (secondary N) is 3. The fourth-order valence-corrected chi connectivity index (χ4v) is 3.00. The number of benzene rings is 2. The van der Waals surface area contributed by atoms with Crippen LogP contribution >= 0.6 is 11.6 Å². The average Bonchev–Trinajstić information content (AvgIpc) is 3.15. The SMILES string of the molecule is COc1ccc(Nc2nc(Nc3ccc4nc(C(F)(F)F)[nH]c4c3)ncc2F)cc1Cl. The van der Waals surface area contributed by atoms with Gasteiger partial charge < -0.3 is 20.4 Å². The average molecular weight is 453 g/mol. The zero-order chi connectivity index (χ0) is 22.2. The molecule has 2 aromatic heterocycles. The van der Waals surface area contributed by atoms with E-state index in [1.165, 1.54) is 25.3 Å². The maximum atomic E-state index is 14.2. The van der Waals surface area contributed by atoms with E-state index < -0.39 is 17.8 Å². The Hall–Kier alpha value is -3.60. The minimum absolute atomic E-state index is 0.0263. The number of halogens is 5. The van der Waals surface area contributed by atoms with Gasteiger partial charge in [0.2, 0.25) is 11.8 Å². The first kappa shape index (κ1) is 20.7. The summed E-state index contributed by atoms with van der Waals surface area (Å²) < 4.78 is 57.7. The largest absolute Gasteiger partial charge is 0.495 e. The minimum atomic E-state index is -4.59. The number of hydrogen-bond acceptors (Lipinski definition) is 6. The van der Waals surface area contributed by atoms with Crippen molar-refractivity contribution in [2.45, 2.75) is 6.18 Å². The summed E-state index contributed by atoms with van der Waals surface area (Å²) in [5.41, 5.74) is 1.17. The van der Waals surface area contributed by atoms with Crippen molar-refractivity contribution >= 4 is 45.8 Å². The van der Waals surface area contributed by atoms with Crippen molar-refractivity contribution in [2.24, 2.45) is 0 Å². The van der Waals surface area contributed by atoms with Gasteiger partial charge in [0, 0.05) is 11.4 Å². The second-order valence-corrected chi connectivity index (χ2v) is 6.71. The molecule has 2 aromatic carbocycles. The Morgan fingerprint density at radius 1 is 1.03 bits per heavy atom. The summed E-state index contributed by atoms with van der Waals surface area (Å²) in [4.78, 5) is 13.7. The summed E-state index contributed by atoms with van der Waals surface area (Å²) in [5.74, 6) is -1.45. The van der Waals surface area contributed by atoms with Crippen LogP contribution in [0.2, 0.25) is 5.02 Å². The van der Waals surface area contributed by atoms with Gasteiger partial charge in [-0.3, -0.25) is 0 Å². The lowest BCUT2D eigenvalue weighted by Gasteiger charge is -2.11. The van der Waals surface area contributed by atoms with Gasteiger partial charge in [-0.15, -0.1) is 0 Å². The molecule has 160 valence electrons. The lowest BCUT2D eigenvalue weighted by molar-refractivity contribution is -0.144. The van der Waals surface area contributed by atoms with Crippen LogP contribution in [0.4, 0.5) is 40.7 Å². The maximum absolute atomic E-state index is 14.2. The third kappa shape index (κ3) is 4.45. The lowest BCUT2D eigenvalue weighted by atomic mass is 10.3. The zero-order valence-corrected chi connectivity index (χ0v) is 16.4. The van der Waals surface area contributed by atoms with Gasteiger partial charge in [0.1, 0.15) is 5.75 Å². The van der Waals surface area contributed by atoms with Crippen molar-refractivity contribution in [2.75, 3.05) is 17.7 Å². The fourth-order valence-electron chi connectivity index (χ4n) is 2.75. The summed E-state index contributed by atoms with van der Waals surface area (Å²) in [6, 6.07) is 9.11. The number of hydrogen-bond donors (Lipinski definition) is 3. The quantitative estimate of drug-likeness (QED) is 0.339. The van der Waals surface area contributed by atoms with Crippen LogP contribution in [0.25, 0.3) is 11.0 Å². The molecule has 2 heterocycles. The smallest absolute Gasteiger partial charge is 0.449 e. The second-order valence-electron chi connectivity index (χ2n) is 6.30. The molecule has 12 heteroatoms.